The summed E-state index contributed by atoms with van der Waals surface area (Å²) in [6.45, 7) is 7.10. The molecule has 146 valence electrons. The van der Waals surface area contributed by atoms with Gasteiger partial charge in [0.1, 0.15) is 11.9 Å². The Hall–Kier alpha value is -1.66. The van der Waals surface area contributed by atoms with Crippen molar-refractivity contribution < 1.29 is 14.0 Å². The van der Waals surface area contributed by atoms with E-state index < -0.39 is 11.9 Å². The van der Waals surface area contributed by atoms with Gasteiger partial charge in [0.25, 0.3) is 5.91 Å². The van der Waals surface area contributed by atoms with Crippen LogP contribution in [-0.4, -0.2) is 41.9 Å². The fraction of sp³-hybridized carbons (Fsp3) is 0.579. The second kappa shape index (κ2) is 9.88. The highest BCUT2D eigenvalue weighted by atomic mass is 35.5. The van der Waals surface area contributed by atoms with E-state index in [4.69, 9.17) is 5.73 Å². The average molecular weight is 386 g/mol. The third-order valence-corrected chi connectivity index (χ3v) is 4.84. The van der Waals surface area contributed by atoms with E-state index in [1.54, 1.807) is 0 Å². The van der Waals surface area contributed by atoms with Crippen molar-refractivity contribution in [3.8, 4) is 0 Å². The van der Waals surface area contributed by atoms with Gasteiger partial charge in [0.2, 0.25) is 5.91 Å². The molecule has 1 aliphatic rings. The summed E-state index contributed by atoms with van der Waals surface area (Å²) in [7, 11) is 0. The van der Waals surface area contributed by atoms with Gasteiger partial charge < -0.3 is 16.0 Å². The number of piperidine rings is 1. The molecule has 3 atom stereocenters. The first-order valence-electron chi connectivity index (χ1n) is 8.90. The largest absolute Gasteiger partial charge is 0.341 e. The molecule has 1 fully saturated rings. The van der Waals surface area contributed by atoms with Gasteiger partial charge in [0.15, 0.2) is 0 Å². The fourth-order valence-electron chi connectivity index (χ4n) is 3.18. The van der Waals surface area contributed by atoms with Crippen LogP contribution in [0.2, 0.25) is 0 Å². The first-order valence-corrected chi connectivity index (χ1v) is 8.90. The Labute approximate surface area is 160 Å². The van der Waals surface area contributed by atoms with Crippen LogP contribution in [0.3, 0.4) is 0 Å². The molecule has 2 rings (SSSR count). The summed E-state index contributed by atoms with van der Waals surface area (Å²) in [6, 6.07) is 4.74. The lowest BCUT2D eigenvalue weighted by Crippen LogP contribution is -2.54. The van der Waals surface area contributed by atoms with Crippen molar-refractivity contribution in [1.82, 2.24) is 10.2 Å². The fourth-order valence-corrected chi connectivity index (χ4v) is 3.18. The van der Waals surface area contributed by atoms with Crippen LogP contribution in [0.15, 0.2) is 24.3 Å². The predicted molar refractivity (Wildman–Crippen MR) is 103 cm³/mol. The molecule has 1 heterocycles. The summed E-state index contributed by atoms with van der Waals surface area (Å²) in [5.41, 5.74) is 6.34. The minimum atomic E-state index is -0.607. The van der Waals surface area contributed by atoms with E-state index in [-0.39, 0.29) is 36.2 Å². The molecule has 1 saturated heterocycles. The van der Waals surface area contributed by atoms with E-state index in [9.17, 15) is 14.0 Å². The van der Waals surface area contributed by atoms with E-state index in [1.165, 1.54) is 24.3 Å². The van der Waals surface area contributed by atoms with Crippen LogP contribution in [0.5, 0.6) is 0 Å². The van der Waals surface area contributed by atoms with Crippen LogP contribution in [0.4, 0.5) is 4.39 Å². The molecule has 0 aliphatic carbocycles. The molecule has 3 unspecified atom stereocenters. The Bertz CT molecular complexity index is 607. The third-order valence-electron chi connectivity index (χ3n) is 4.84. The number of nitrogens with one attached hydrogen (secondary N) is 1. The van der Waals surface area contributed by atoms with Gasteiger partial charge in [-0.25, -0.2) is 4.39 Å². The molecule has 0 aromatic heterocycles. The maximum absolute atomic E-state index is 13.0. The Kier molecular flexibility index (Phi) is 8.50. The topological polar surface area (TPSA) is 75.4 Å². The molecular weight excluding hydrogens is 357 g/mol. The van der Waals surface area contributed by atoms with E-state index in [0.29, 0.717) is 24.6 Å². The molecule has 1 aromatic carbocycles. The zero-order chi connectivity index (χ0) is 18.6. The van der Waals surface area contributed by atoms with Crippen LogP contribution in [-0.2, 0) is 4.79 Å². The second-order valence-electron chi connectivity index (χ2n) is 7.25. The van der Waals surface area contributed by atoms with E-state index in [0.717, 1.165) is 12.8 Å². The quantitative estimate of drug-likeness (QED) is 0.818. The lowest BCUT2D eigenvalue weighted by Gasteiger charge is -2.37. The number of amides is 2. The van der Waals surface area contributed by atoms with Gasteiger partial charge in [-0.3, -0.25) is 9.59 Å². The Morgan fingerprint density at radius 2 is 1.85 bits per heavy atom. The van der Waals surface area contributed by atoms with Crippen molar-refractivity contribution in [1.29, 1.82) is 0 Å². The summed E-state index contributed by atoms with van der Waals surface area (Å²) >= 11 is 0. The lowest BCUT2D eigenvalue weighted by molar-refractivity contribution is -0.136. The third kappa shape index (κ3) is 5.68. The zero-order valence-electron chi connectivity index (χ0n) is 15.6. The smallest absolute Gasteiger partial charge is 0.251 e. The van der Waals surface area contributed by atoms with Crippen LogP contribution >= 0.6 is 12.4 Å². The molecule has 3 N–H and O–H groups in total. The van der Waals surface area contributed by atoms with Gasteiger partial charge in [0.05, 0.1) is 0 Å². The maximum Gasteiger partial charge on any atom is 0.251 e. The molecule has 0 bridgehead atoms. The minimum Gasteiger partial charge on any atom is -0.341 e. The SMILES string of the molecule is CC(C)C(NC(=O)c1ccc(F)cc1)C(=O)N1CCCC(C(C)N)C1.Cl. The average Bonchev–Trinajstić information content (AvgIpc) is 2.59. The number of likely N-dealkylation sites (tertiary alicyclic amines) is 1. The summed E-state index contributed by atoms with van der Waals surface area (Å²) in [4.78, 5) is 27.2. The molecule has 26 heavy (non-hydrogen) atoms. The van der Waals surface area contributed by atoms with E-state index in [2.05, 4.69) is 5.32 Å². The summed E-state index contributed by atoms with van der Waals surface area (Å²) in [6.07, 6.45) is 1.95. The molecule has 5 nitrogen and oxygen atoms in total. The number of halogens is 2. The lowest BCUT2D eigenvalue weighted by atomic mass is 9.91. The number of carbonyl (C=O) groups is 2. The normalized spacial score (nSPS) is 19.5. The molecule has 1 aromatic rings. The molecule has 0 saturated carbocycles. The molecule has 0 spiro atoms. The number of nitrogens with two attached hydrogens (primary N) is 1. The van der Waals surface area contributed by atoms with Gasteiger partial charge in [-0.2, -0.15) is 0 Å². The van der Waals surface area contributed by atoms with Crippen LogP contribution < -0.4 is 11.1 Å². The van der Waals surface area contributed by atoms with Gasteiger partial charge in [-0.05, 0) is 55.9 Å². The Morgan fingerprint density at radius 3 is 2.38 bits per heavy atom. The highest BCUT2D eigenvalue weighted by molar-refractivity contribution is 5.97. The number of nitrogens with zero attached hydrogens (tertiary/aromatic N) is 1. The van der Waals surface area contributed by atoms with E-state index in [1.807, 2.05) is 25.7 Å². The number of hydrogen-bond acceptors (Lipinski definition) is 3. The van der Waals surface area contributed by atoms with Crippen molar-refractivity contribution in [2.45, 2.75) is 45.7 Å². The maximum atomic E-state index is 13.0. The van der Waals surface area contributed by atoms with Gasteiger partial charge in [-0.1, -0.05) is 13.8 Å². The van der Waals surface area contributed by atoms with Crippen molar-refractivity contribution >= 4 is 24.2 Å². The number of hydrogen-bond donors (Lipinski definition) is 2. The van der Waals surface area contributed by atoms with Gasteiger partial charge in [0, 0.05) is 24.7 Å². The Balaban J connectivity index is 0.00000338. The monoisotopic (exact) mass is 385 g/mol. The van der Waals surface area contributed by atoms with E-state index >= 15 is 0 Å². The molecule has 0 radical (unpaired) electrons. The highest BCUT2D eigenvalue weighted by Crippen LogP contribution is 2.20. The summed E-state index contributed by atoms with van der Waals surface area (Å²) < 4.78 is 13.0. The first-order chi connectivity index (χ1) is 11.8. The summed E-state index contributed by atoms with van der Waals surface area (Å²) in [5.74, 6) is -0.599. The van der Waals surface area contributed by atoms with Crippen LogP contribution in [0, 0.1) is 17.7 Å². The number of rotatable bonds is 5. The van der Waals surface area contributed by atoms with Crippen LogP contribution in [0.25, 0.3) is 0 Å². The van der Waals surface area contributed by atoms with Gasteiger partial charge in [-0.15, -0.1) is 12.4 Å². The second-order valence-corrected chi connectivity index (χ2v) is 7.25. The number of carbonyl (C=O) groups excluding carboxylic acids is 2. The molecule has 7 heteroatoms. The summed E-state index contributed by atoms with van der Waals surface area (Å²) in [5, 5.41) is 2.81. The molecule has 2 amide bonds. The van der Waals surface area contributed by atoms with Crippen molar-refractivity contribution in [3.63, 3.8) is 0 Å². The minimum absolute atomic E-state index is 0. The highest BCUT2D eigenvalue weighted by Gasteiger charge is 2.32. The molecular formula is C19H29ClFN3O2. The zero-order valence-corrected chi connectivity index (χ0v) is 16.4. The number of benzene rings is 1. The standard InChI is InChI=1S/C19H28FN3O2.ClH/c1-12(2)17(22-18(24)14-6-8-16(20)9-7-14)19(25)23-10-4-5-15(11-23)13(3)21;/h6-9,12-13,15,17H,4-5,10-11,21H2,1-3H3,(H,22,24);1H. The van der Waals surface area contributed by atoms with Crippen LogP contribution in [0.1, 0.15) is 44.0 Å². The van der Waals surface area contributed by atoms with Crippen molar-refractivity contribution in [2.75, 3.05) is 13.1 Å². The Morgan fingerprint density at radius 1 is 1.23 bits per heavy atom. The molecule has 1 aliphatic heterocycles. The first kappa shape index (κ1) is 22.4. The predicted octanol–water partition coefficient (Wildman–Crippen LogP) is 2.59. The van der Waals surface area contributed by atoms with Crippen molar-refractivity contribution in [3.05, 3.63) is 35.6 Å². The van der Waals surface area contributed by atoms with Crippen molar-refractivity contribution in [2.24, 2.45) is 17.6 Å². The van der Waals surface area contributed by atoms with Gasteiger partial charge >= 0.3 is 0 Å².